The lowest BCUT2D eigenvalue weighted by Crippen LogP contribution is -2.30. The first-order valence-corrected chi connectivity index (χ1v) is 10.5. The van der Waals surface area contributed by atoms with Gasteiger partial charge in [-0.25, -0.2) is 18.9 Å². The molecule has 0 radical (unpaired) electrons. The fraction of sp³-hybridized carbons (Fsp3) is 0.500. The monoisotopic (exact) mass is 507 g/mol. The van der Waals surface area contributed by atoms with Crippen LogP contribution < -0.4 is 15.0 Å². The van der Waals surface area contributed by atoms with Gasteiger partial charge in [-0.2, -0.15) is 31.3 Å². The maximum Gasteiger partial charge on any atom is 0.433 e. The molecule has 15 heteroatoms. The minimum atomic E-state index is -4.83. The molecule has 8 nitrogen and oxygen atoms in total. The minimum absolute atomic E-state index is 0.0701. The number of aromatic nitrogens is 5. The van der Waals surface area contributed by atoms with Gasteiger partial charge in [-0.05, 0) is 38.3 Å². The molecule has 2 unspecified atom stereocenters. The van der Waals surface area contributed by atoms with Gasteiger partial charge in [0, 0.05) is 19.1 Å². The van der Waals surface area contributed by atoms with Gasteiger partial charge in [0.2, 0.25) is 5.95 Å². The number of rotatable bonds is 6. The summed E-state index contributed by atoms with van der Waals surface area (Å²) in [6.45, 7) is 2.60. The van der Waals surface area contributed by atoms with Crippen molar-refractivity contribution >= 4 is 17.4 Å². The van der Waals surface area contributed by atoms with E-state index in [1.807, 2.05) is 0 Å². The molecule has 1 aliphatic heterocycles. The van der Waals surface area contributed by atoms with Crippen molar-refractivity contribution in [3.05, 3.63) is 35.7 Å². The van der Waals surface area contributed by atoms with Crippen LogP contribution in [0.2, 0.25) is 0 Å². The summed E-state index contributed by atoms with van der Waals surface area (Å²) in [6.07, 6.45) is -7.81. The van der Waals surface area contributed by atoms with Gasteiger partial charge in [0.15, 0.2) is 29.6 Å². The highest BCUT2D eigenvalue weighted by Gasteiger charge is 2.36. The quantitative estimate of drug-likeness (QED) is 0.500. The Bertz CT molecular complexity index is 1210. The third-order valence-corrected chi connectivity index (χ3v) is 5.56. The first-order valence-electron chi connectivity index (χ1n) is 10.5. The minimum Gasteiger partial charge on any atom is -0.480 e. The summed E-state index contributed by atoms with van der Waals surface area (Å²) >= 11 is 0. The summed E-state index contributed by atoms with van der Waals surface area (Å²) in [5.74, 6) is -0.767. The van der Waals surface area contributed by atoms with Gasteiger partial charge in [-0.3, -0.25) is 0 Å². The molecule has 4 rings (SSSR count). The third kappa shape index (κ3) is 5.48. The lowest BCUT2D eigenvalue weighted by molar-refractivity contribution is -0.153. The second kappa shape index (κ2) is 9.00. The Morgan fingerprint density at radius 2 is 1.91 bits per heavy atom. The van der Waals surface area contributed by atoms with E-state index in [0.29, 0.717) is 35.9 Å². The Hall–Kier alpha value is -3.39. The number of pyridine rings is 1. The predicted octanol–water partition coefficient (Wildman–Crippen LogP) is 4.25. The number of alkyl halides is 6. The number of hydrogen-bond acceptors (Lipinski definition) is 7. The van der Waals surface area contributed by atoms with Crippen LogP contribution in [0.15, 0.2) is 18.3 Å². The molecule has 0 saturated carbocycles. The van der Waals surface area contributed by atoms with Crippen LogP contribution in [0.25, 0.3) is 5.65 Å². The molecule has 0 bridgehead atoms. The highest BCUT2D eigenvalue weighted by Crippen LogP contribution is 2.34. The third-order valence-electron chi connectivity index (χ3n) is 5.56. The molecule has 190 valence electrons. The Balaban J connectivity index is 1.55. The van der Waals surface area contributed by atoms with Crippen LogP contribution in [0.4, 0.5) is 42.5 Å². The van der Waals surface area contributed by atoms with E-state index in [9.17, 15) is 30.7 Å². The summed E-state index contributed by atoms with van der Waals surface area (Å²) in [5, 5.41) is 6.73. The van der Waals surface area contributed by atoms with Crippen molar-refractivity contribution in [2.24, 2.45) is 5.92 Å². The number of anilines is 2. The van der Waals surface area contributed by atoms with Gasteiger partial charge < -0.3 is 15.0 Å². The summed E-state index contributed by atoms with van der Waals surface area (Å²) in [6, 6.07) is 0.990. The number of ether oxygens (including phenoxy) is 1. The van der Waals surface area contributed by atoms with Crippen molar-refractivity contribution in [2.75, 3.05) is 29.9 Å². The number of fused-ring (bicyclic) bond motifs is 1. The number of aryl methyl sites for hydroxylation is 1. The van der Waals surface area contributed by atoms with E-state index < -0.39 is 41.9 Å². The first kappa shape index (κ1) is 24.7. The average molecular weight is 507 g/mol. The Morgan fingerprint density at radius 3 is 2.60 bits per heavy atom. The molecule has 0 amide bonds. The first-order chi connectivity index (χ1) is 16.3. The molecule has 2 atom stereocenters. The highest BCUT2D eigenvalue weighted by atomic mass is 19.4. The van der Waals surface area contributed by atoms with Gasteiger partial charge in [-0.1, -0.05) is 0 Å². The Kier molecular flexibility index (Phi) is 6.36. The number of hydrogen-bond donors (Lipinski definition) is 1. The van der Waals surface area contributed by atoms with E-state index in [4.69, 9.17) is 0 Å². The number of nitrogens with one attached hydrogen (secondary N) is 1. The molecule has 1 aliphatic rings. The lowest BCUT2D eigenvalue weighted by Gasteiger charge is -2.22. The normalized spacial score (nSPS) is 17.7. The molecular weight excluding hydrogens is 487 g/mol. The van der Waals surface area contributed by atoms with Crippen LogP contribution >= 0.6 is 0 Å². The molecular formula is C20H20F7N7O. The van der Waals surface area contributed by atoms with Crippen molar-refractivity contribution in [3.63, 3.8) is 0 Å². The van der Waals surface area contributed by atoms with Crippen LogP contribution in [0.5, 0.6) is 5.75 Å². The van der Waals surface area contributed by atoms with Gasteiger partial charge >= 0.3 is 12.4 Å². The van der Waals surface area contributed by atoms with E-state index in [-0.39, 0.29) is 23.7 Å². The van der Waals surface area contributed by atoms with Crippen LogP contribution in [-0.4, -0.2) is 56.5 Å². The van der Waals surface area contributed by atoms with E-state index in [2.05, 4.69) is 30.1 Å². The van der Waals surface area contributed by atoms with Gasteiger partial charge in [0.05, 0.1) is 6.20 Å². The zero-order chi connectivity index (χ0) is 25.5. The second-order valence-electron chi connectivity index (χ2n) is 8.17. The summed E-state index contributed by atoms with van der Waals surface area (Å²) in [7, 11) is 0. The summed E-state index contributed by atoms with van der Waals surface area (Å²) in [4.78, 5) is 13.6. The standard InChI is InChI=1S/C20H20F7N7O/c1-10(12-5-6-33(8-12)16-13(21)7-28-11(2)30-16)29-18-31-17-14(35-9-19(22,23)24)3-4-15(20(25,26)27)34(17)32-18/h3-4,7,10,12H,5-6,8-9H2,1-2H3,(H,29,32). The largest absolute Gasteiger partial charge is 0.480 e. The van der Waals surface area contributed by atoms with Crippen molar-refractivity contribution in [2.45, 2.75) is 38.7 Å². The van der Waals surface area contributed by atoms with Crippen molar-refractivity contribution in [1.29, 1.82) is 0 Å². The van der Waals surface area contributed by atoms with E-state index in [0.717, 1.165) is 12.3 Å². The van der Waals surface area contributed by atoms with E-state index in [1.165, 1.54) is 0 Å². The van der Waals surface area contributed by atoms with Crippen LogP contribution in [-0.2, 0) is 6.18 Å². The van der Waals surface area contributed by atoms with E-state index in [1.54, 1.807) is 18.7 Å². The van der Waals surface area contributed by atoms with Crippen molar-refractivity contribution in [1.82, 2.24) is 24.6 Å². The molecule has 35 heavy (non-hydrogen) atoms. The average Bonchev–Trinajstić information content (AvgIpc) is 3.39. The predicted molar refractivity (Wildman–Crippen MR) is 110 cm³/mol. The zero-order valence-electron chi connectivity index (χ0n) is 18.5. The van der Waals surface area contributed by atoms with Crippen molar-refractivity contribution in [3.8, 4) is 5.75 Å². The molecule has 3 aromatic heterocycles. The van der Waals surface area contributed by atoms with Crippen LogP contribution in [0.3, 0.4) is 0 Å². The smallest absolute Gasteiger partial charge is 0.433 e. The van der Waals surface area contributed by atoms with E-state index >= 15 is 0 Å². The maximum absolute atomic E-state index is 14.1. The molecule has 3 aromatic rings. The lowest BCUT2D eigenvalue weighted by atomic mass is 10.0. The van der Waals surface area contributed by atoms with Gasteiger partial charge in [0.25, 0.3) is 0 Å². The molecule has 1 N–H and O–H groups in total. The molecule has 1 saturated heterocycles. The molecule has 4 heterocycles. The van der Waals surface area contributed by atoms with Gasteiger partial charge in [0.1, 0.15) is 11.5 Å². The molecule has 0 aromatic carbocycles. The molecule has 0 aliphatic carbocycles. The SMILES string of the molecule is Cc1ncc(F)c(N2CCC(C(C)Nc3nc4c(OCC(F)(F)F)ccc(C(F)(F)F)n4n3)C2)n1. The highest BCUT2D eigenvalue weighted by molar-refractivity contribution is 5.57. The Morgan fingerprint density at radius 1 is 1.17 bits per heavy atom. The zero-order valence-corrected chi connectivity index (χ0v) is 18.5. The maximum atomic E-state index is 14.1. The Labute approximate surface area is 194 Å². The summed E-state index contributed by atoms with van der Waals surface area (Å²) in [5.41, 5.74) is -1.73. The molecule has 1 fully saturated rings. The fourth-order valence-electron chi connectivity index (χ4n) is 3.86. The number of nitrogens with zero attached hydrogens (tertiary/aromatic N) is 6. The van der Waals surface area contributed by atoms with Gasteiger partial charge in [-0.15, -0.1) is 5.10 Å². The topological polar surface area (TPSA) is 80.5 Å². The molecule has 0 spiro atoms. The number of halogens is 7. The van der Waals surface area contributed by atoms with Crippen LogP contribution in [0, 0.1) is 18.7 Å². The van der Waals surface area contributed by atoms with Crippen LogP contribution in [0.1, 0.15) is 24.9 Å². The second-order valence-corrected chi connectivity index (χ2v) is 8.17. The summed E-state index contributed by atoms with van der Waals surface area (Å²) < 4.78 is 97.2. The van der Waals surface area contributed by atoms with Crippen molar-refractivity contribution < 1.29 is 35.5 Å². The fourth-order valence-corrected chi connectivity index (χ4v) is 3.86.